The molecular formula is C18H29N5O2. The van der Waals surface area contributed by atoms with Gasteiger partial charge in [-0.3, -0.25) is 19.2 Å². The van der Waals surface area contributed by atoms with Gasteiger partial charge in [0, 0.05) is 70.5 Å². The van der Waals surface area contributed by atoms with Crippen LogP contribution in [0.2, 0.25) is 0 Å². The smallest absolute Gasteiger partial charge is 0.228 e. The Bertz CT molecular complexity index is 627. The summed E-state index contributed by atoms with van der Waals surface area (Å²) in [6.45, 7) is 8.85. The highest BCUT2D eigenvalue weighted by Gasteiger charge is 2.37. The van der Waals surface area contributed by atoms with Crippen molar-refractivity contribution in [1.82, 2.24) is 24.5 Å². The average Bonchev–Trinajstić information content (AvgIpc) is 3.06. The van der Waals surface area contributed by atoms with E-state index < -0.39 is 0 Å². The minimum Gasteiger partial charge on any atom is -0.341 e. The number of carbonyl (C=O) groups is 2. The molecule has 2 saturated heterocycles. The Morgan fingerprint density at radius 1 is 1.28 bits per heavy atom. The number of carbonyl (C=O) groups excluding carboxylic acids is 2. The van der Waals surface area contributed by atoms with Crippen molar-refractivity contribution in [2.45, 2.75) is 39.3 Å². The van der Waals surface area contributed by atoms with Crippen molar-refractivity contribution in [2.75, 3.05) is 32.7 Å². The van der Waals surface area contributed by atoms with Crippen molar-refractivity contribution >= 4 is 11.8 Å². The third-order valence-electron chi connectivity index (χ3n) is 5.20. The van der Waals surface area contributed by atoms with Crippen LogP contribution in [0.1, 0.15) is 32.3 Å². The molecular weight excluding hydrogens is 318 g/mol. The van der Waals surface area contributed by atoms with Crippen LogP contribution >= 0.6 is 0 Å². The highest BCUT2D eigenvalue weighted by Crippen LogP contribution is 2.23. The van der Waals surface area contributed by atoms with Gasteiger partial charge in [-0.05, 0) is 20.3 Å². The van der Waals surface area contributed by atoms with Crippen LogP contribution < -0.4 is 0 Å². The van der Waals surface area contributed by atoms with E-state index in [0.717, 1.165) is 39.1 Å². The predicted octanol–water partition coefficient (Wildman–Crippen LogP) is 0.711. The maximum Gasteiger partial charge on any atom is 0.228 e. The molecule has 138 valence electrons. The van der Waals surface area contributed by atoms with Gasteiger partial charge in [0.2, 0.25) is 11.8 Å². The summed E-state index contributed by atoms with van der Waals surface area (Å²) in [6.07, 6.45) is 5.28. The van der Waals surface area contributed by atoms with E-state index in [2.05, 4.69) is 10.00 Å². The predicted molar refractivity (Wildman–Crippen MR) is 94.6 cm³/mol. The molecule has 3 rings (SSSR count). The fraction of sp³-hybridized carbons (Fsp3) is 0.722. The molecule has 2 amide bonds. The first-order valence-corrected chi connectivity index (χ1v) is 9.22. The van der Waals surface area contributed by atoms with E-state index in [1.54, 1.807) is 0 Å². The molecule has 0 aromatic carbocycles. The van der Waals surface area contributed by atoms with E-state index in [4.69, 9.17) is 0 Å². The Hall–Kier alpha value is -1.89. The summed E-state index contributed by atoms with van der Waals surface area (Å²) in [5, 5.41) is 4.22. The van der Waals surface area contributed by atoms with Crippen LogP contribution in [0.4, 0.5) is 0 Å². The summed E-state index contributed by atoms with van der Waals surface area (Å²) in [5.74, 6) is 0.0980. The van der Waals surface area contributed by atoms with Gasteiger partial charge in [-0.1, -0.05) is 0 Å². The second-order valence-electron chi connectivity index (χ2n) is 7.52. The topological polar surface area (TPSA) is 61.7 Å². The van der Waals surface area contributed by atoms with E-state index in [0.29, 0.717) is 13.0 Å². The van der Waals surface area contributed by atoms with Gasteiger partial charge < -0.3 is 9.80 Å². The zero-order chi connectivity index (χ0) is 18.0. The summed E-state index contributed by atoms with van der Waals surface area (Å²) < 4.78 is 1.82. The molecule has 0 saturated carbocycles. The van der Waals surface area contributed by atoms with Crippen molar-refractivity contribution in [3.63, 3.8) is 0 Å². The van der Waals surface area contributed by atoms with Gasteiger partial charge in [0.1, 0.15) is 0 Å². The summed E-state index contributed by atoms with van der Waals surface area (Å²) >= 11 is 0. The Balaban J connectivity index is 1.54. The second kappa shape index (κ2) is 7.56. The molecule has 1 aromatic heterocycles. The number of aromatic nitrogens is 2. The van der Waals surface area contributed by atoms with Gasteiger partial charge in [0.05, 0.1) is 12.1 Å². The van der Waals surface area contributed by atoms with Gasteiger partial charge in [-0.15, -0.1) is 0 Å². The fourth-order valence-corrected chi connectivity index (χ4v) is 3.82. The minimum absolute atomic E-state index is 0.112. The van der Waals surface area contributed by atoms with Crippen molar-refractivity contribution in [2.24, 2.45) is 13.0 Å². The molecule has 7 nitrogen and oxygen atoms in total. The number of hydrogen-bond donors (Lipinski definition) is 0. The fourth-order valence-electron chi connectivity index (χ4n) is 3.82. The monoisotopic (exact) mass is 347 g/mol. The van der Waals surface area contributed by atoms with Crippen LogP contribution in [-0.2, 0) is 23.2 Å². The maximum absolute atomic E-state index is 12.9. The lowest BCUT2D eigenvalue weighted by Gasteiger charge is -2.25. The molecule has 2 aliphatic rings. The van der Waals surface area contributed by atoms with Crippen LogP contribution in [-0.4, -0.2) is 75.1 Å². The van der Waals surface area contributed by atoms with Gasteiger partial charge in [0.15, 0.2) is 0 Å². The van der Waals surface area contributed by atoms with Crippen molar-refractivity contribution < 1.29 is 9.59 Å². The first-order valence-electron chi connectivity index (χ1n) is 9.22. The van der Waals surface area contributed by atoms with Crippen LogP contribution in [0, 0.1) is 5.92 Å². The summed E-state index contributed by atoms with van der Waals surface area (Å²) in [7, 11) is 1.93. The van der Waals surface area contributed by atoms with E-state index in [1.165, 1.54) is 5.56 Å². The Morgan fingerprint density at radius 2 is 2.08 bits per heavy atom. The third kappa shape index (κ3) is 4.21. The Kier molecular flexibility index (Phi) is 5.42. The van der Waals surface area contributed by atoms with Gasteiger partial charge in [-0.2, -0.15) is 5.10 Å². The van der Waals surface area contributed by atoms with Crippen molar-refractivity contribution in [1.29, 1.82) is 0 Å². The van der Waals surface area contributed by atoms with E-state index in [1.807, 2.05) is 47.8 Å². The van der Waals surface area contributed by atoms with Crippen LogP contribution in [0.3, 0.4) is 0 Å². The molecule has 0 aliphatic carbocycles. The Morgan fingerprint density at radius 3 is 2.72 bits per heavy atom. The molecule has 2 fully saturated rings. The molecule has 3 heterocycles. The third-order valence-corrected chi connectivity index (χ3v) is 5.20. The van der Waals surface area contributed by atoms with Crippen LogP contribution in [0.15, 0.2) is 12.4 Å². The zero-order valence-electron chi connectivity index (χ0n) is 15.5. The molecule has 0 radical (unpaired) electrons. The van der Waals surface area contributed by atoms with E-state index in [9.17, 15) is 9.59 Å². The lowest BCUT2D eigenvalue weighted by atomic mass is 10.1. The number of hydrogen-bond acceptors (Lipinski definition) is 4. The number of nitrogens with zero attached hydrogens (tertiary/aromatic N) is 5. The first-order chi connectivity index (χ1) is 11.9. The van der Waals surface area contributed by atoms with E-state index in [-0.39, 0.29) is 23.8 Å². The molecule has 25 heavy (non-hydrogen) atoms. The first kappa shape index (κ1) is 17.9. The standard InChI is InChI=1S/C18H29N5O2/c1-14(2)23-13-16(9-17(23)24)18(25)22-6-4-5-21(7-8-22)12-15-10-19-20(3)11-15/h10-11,14,16H,4-9,12-13H2,1-3H3/t16-/m1/s1. The maximum atomic E-state index is 12.9. The lowest BCUT2D eigenvalue weighted by molar-refractivity contribution is -0.135. The van der Waals surface area contributed by atoms with E-state index >= 15 is 0 Å². The molecule has 0 unspecified atom stereocenters. The Labute approximate surface area is 149 Å². The number of rotatable bonds is 4. The number of amides is 2. The summed E-state index contributed by atoms with van der Waals surface area (Å²) in [6, 6.07) is 0.171. The molecule has 0 spiro atoms. The summed E-state index contributed by atoms with van der Waals surface area (Å²) in [4.78, 5) is 31.1. The molecule has 1 aromatic rings. The van der Waals surface area contributed by atoms with Crippen molar-refractivity contribution in [3.8, 4) is 0 Å². The summed E-state index contributed by atoms with van der Waals surface area (Å²) in [5.41, 5.74) is 1.20. The molecule has 7 heteroatoms. The number of likely N-dealkylation sites (tertiary alicyclic amines) is 1. The average molecular weight is 347 g/mol. The highest BCUT2D eigenvalue weighted by molar-refractivity contribution is 5.89. The van der Waals surface area contributed by atoms with Gasteiger partial charge in [-0.25, -0.2) is 0 Å². The van der Waals surface area contributed by atoms with Gasteiger partial charge >= 0.3 is 0 Å². The molecule has 1 atom stereocenters. The normalized spacial score (nSPS) is 22.7. The van der Waals surface area contributed by atoms with Crippen LogP contribution in [0.5, 0.6) is 0 Å². The highest BCUT2D eigenvalue weighted by atomic mass is 16.2. The van der Waals surface area contributed by atoms with Crippen LogP contribution in [0.25, 0.3) is 0 Å². The van der Waals surface area contributed by atoms with Crippen molar-refractivity contribution in [3.05, 3.63) is 18.0 Å². The van der Waals surface area contributed by atoms with Gasteiger partial charge in [0.25, 0.3) is 0 Å². The zero-order valence-corrected chi connectivity index (χ0v) is 15.5. The molecule has 0 bridgehead atoms. The minimum atomic E-state index is -0.167. The quantitative estimate of drug-likeness (QED) is 0.805. The number of aryl methyl sites for hydroxylation is 1. The second-order valence-corrected chi connectivity index (χ2v) is 7.52. The molecule has 0 N–H and O–H groups in total. The largest absolute Gasteiger partial charge is 0.341 e. The lowest BCUT2D eigenvalue weighted by Crippen LogP contribution is -2.40. The SMILES string of the molecule is CC(C)N1C[C@H](C(=O)N2CCCN(Cc3cnn(C)c3)CC2)CC1=O. The molecule has 2 aliphatic heterocycles.